The molecule has 2 aliphatic rings. The van der Waals surface area contributed by atoms with Crippen LogP contribution in [0.5, 0.6) is 0 Å². The second kappa shape index (κ2) is 9.41. The molecule has 2 fully saturated rings. The van der Waals surface area contributed by atoms with Gasteiger partial charge in [-0.25, -0.2) is 0 Å². The van der Waals surface area contributed by atoms with Crippen molar-refractivity contribution in [1.29, 1.82) is 0 Å². The number of rotatable bonds is 7. The Bertz CT molecular complexity index is 731. The lowest BCUT2D eigenvalue weighted by molar-refractivity contribution is 0.0117. The number of morpholine rings is 1. The Morgan fingerprint density at radius 3 is 2.64 bits per heavy atom. The molecule has 7 heteroatoms. The van der Waals surface area contributed by atoms with Gasteiger partial charge in [-0.3, -0.25) is 14.6 Å². The molecule has 2 saturated heterocycles. The van der Waals surface area contributed by atoms with Gasteiger partial charge in [0.1, 0.15) is 11.5 Å². The molecule has 1 unspecified atom stereocenters. The summed E-state index contributed by atoms with van der Waals surface area (Å²) >= 11 is 0. The number of ether oxygens (including phenoxy) is 1. The van der Waals surface area contributed by atoms with Crippen molar-refractivity contribution in [2.45, 2.75) is 31.8 Å². The summed E-state index contributed by atoms with van der Waals surface area (Å²) < 4.78 is 16.9. The van der Waals surface area contributed by atoms with Crippen molar-refractivity contribution in [2.75, 3.05) is 45.9 Å². The molecule has 0 saturated carbocycles. The van der Waals surface area contributed by atoms with Crippen molar-refractivity contribution < 1.29 is 18.4 Å². The van der Waals surface area contributed by atoms with Crippen LogP contribution in [0.25, 0.3) is 0 Å². The summed E-state index contributed by atoms with van der Waals surface area (Å²) in [6.07, 6.45) is 5.46. The minimum absolute atomic E-state index is 0.00867. The topological polar surface area (TPSA) is 71.1 Å². The third-order valence-corrected chi connectivity index (χ3v) is 5.53. The van der Waals surface area contributed by atoms with Crippen LogP contribution in [0.15, 0.2) is 39.4 Å². The summed E-state index contributed by atoms with van der Waals surface area (Å²) in [6.45, 7) is 6.49. The van der Waals surface area contributed by atoms with Gasteiger partial charge in [-0.05, 0) is 50.2 Å². The Morgan fingerprint density at radius 1 is 1.07 bits per heavy atom. The first-order chi connectivity index (χ1) is 13.8. The second-order valence-corrected chi connectivity index (χ2v) is 7.49. The average molecular weight is 387 g/mol. The quantitative estimate of drug-likeness (QED) is 0.788. The van der Waals surface area contributed by atoms with Crippen LogP contribution in [0.3, 0.4) is 0 Å². The zero-order valence-corrected chi connectivity index (χ0v) is 16.3. The first kappa shape index (κ1) is 19.2. The lowest BCUT2D eigenvalue weighted by Gasteiger charge is -2.33. The summed E-state index contributed by atoms with van der Waals surface area (Å²) in [5.74, 6) is 1.89. The van der Waals surface area contributed by atoms with Crippen LogP contribution < -0.4 is 5.32 Å². The van der Waals surface area contributed by atoms with Crippen molar-refractivity contribution in [3.05, 3.63) is 47.8 Å². The number of likely N-dealkylation sites (tertiary alicyclic amines) is 1. The molecule has 0 aromatic carbocycles. The predicted molar refractivity (Wildman–Crippen MR) is 104 cm³/mol. The van der Waals surface area contributed by atoms with Gasteiger partial charge in [-0.1, -0.05) is 6.42 Å². The highest BCUT2D eigenvalue weighted by Gasteiger charge is 2.26. The van der Waals surface area contributed by atoms with Crippen molar-refractivity contribution >= 4 is 5.91 Å². The zero-order chi connectivity index (χ0) is 19.2. The third-order valence-electron chi connectivity index (χ3n) is 5.53. The number of piperidine rings is 1. The molecule has 0 bridgehead atoms. The number of hydrogen-bond acceptors (Lipinski definition) is 6. The Kier molecular flexibility index (Phi) is 6.46. The van der Waals surface area contributed by atoms with Gasteiger partial charge in [-0.2, -0.15) is 0 Å². The summed E-state index contributed by atoms with van der Waals surface area (Å²) in [4.78, 5) is 17.3. The molecule has 1 amide bonds. The lowest BCUT2D eigenvalue weighted by atomic mass is 10.1. The molecule has 0 spiro atoms. The van der Waals surface area contributed by atoms with E-state index in [1.807, 2.05) is 18.2 Å². The maximum Gasteiger partial charge on any atom is 0.287 e. The molecule has 2 aromatic heterocycles. The van der Waals surface area contributed by atoms with E-state index in [0.717, 1.165) is 44.2 Å². The third kappa shape index (κ3) is 4.84. The molecule has 0 radical (unpaired) electrons. The summed E-state index contributed by atoms with van der Waals surface area (Å²) in [5, 5.41) is 3.01. The number of nitrogens with zero attached hydrogens (tertiary/aromatic N) is 2. The van der Waals surface area contributed by atoms with E-state index in [9.17, 15) is 4.79 Å². The van der Waals surface area contributed by atoms with E-state index in [1.165, 1.54) is 19.3 Å². The molecular formula is C21H29N3O4. The van der Waals surface area contributed by atoms with E-state index < -0.39 is 0 Å². The van der Waals surface area contributed by atoms with Crippen LogP contribution in [0.1, 0.15) is 47.4 Å². The van der Waals surface area contributed by atoms with Gasteiger partial charge in [0.05, 0.1) is 32.1 Å². The van der Waals surface area contributed by atoms with Crippen molar-refractivity contribution in [3.8, 4) is 0 Å². The van der Waals surface area contributed by atoms with Crippen LogP contribution in [0.4, 0.5) is 0 Å². The molecule has 152 valence electrons. The number of amides is 1. The Balaban J connectivity index is 1.34. The zero-order valence-electron chi connectivity index (χ0n) is 16.3. The lowest BCUT2D eigenvalue weighted by Crippen LogP contribution is -2.43. The molecule has 2 aliphatic heterocycles. The fourth-order valence-corrected chi connectivity index (χ4v) is 3.98. The van der Waals surface area contributed by atoms with E-state index in [2.05, 4.69) is 15.1 Å². The van der Waals surface area contributed by atoms with Crippen LogP contribution >= 0.6 is 0 Å². The van der Waals surface area contributed by atoms with Gasteiger partial charge in [0.15, 0.2) is 5.76 Å². The van der Waals surface area contributed by atoms with Gasteiger partial charge in [-0.15, -0.1) is 0 Å². The van der Waals surface area contributed by atoms with E-state index in [4.69, 9.17) is 13.6 Å². The predicted octanol–water partition coefficient (Wildman–Crippen LogP) is 2.66. The highest BCUT2D eigenvalue weighted by Crippen LogP contribution is 2.22. The van der Waals surface area contributed by atoms with Gasteiger partial charge < -0.3 is 18.9 Å². The molecule has 1 atom stereocenters. The van der Waals surface area contributed by atoms with Crippen LogP contribution in [-0.4, -0.2) is 61.6 Å². The summed E-state index contributed by atoms with van der Waals surface area (Å²) in [5.41, 5.74) is 0. The van der Waals surface area contributed by atoms with Gasteiger partial charge in [0, 0.05) is 19.6 Å². The van der Waals surface area contributed by atoms with E-state index >= 15 is 0 Å². The molecular weight excluding hydrogens is 358 g/mol. The van der Waals surface area contributed by atoms with Crippen LogP contribution in [-0.2, 0) is 11.3 Å². The van der Waals surface area contributed by atoms with Crippen LogP contribution in [0, 0.1) is 0 Å². The normalized spacial score (nSPS) is 20.1. The summed E-state index contributed by atoms with van der Waals surface area (Å²) in [6, 6.07) is 7.51. The molecule has 4 heterocycles. The molecule has 0 aliphatic carbocycles. The molecule has 4 rings (SSSR count). The Hall–Kier alpha value is -2.09. The Morgan fingerprint density at radius 2 is 1.89 bits per heavy atom. The SMILES string of the molecule is O=C(NCC(c1ccco1)N1CCOCC1)c1ccc(CN2CCCCC2)o1. The number of carbonyl (C=O) groups excluding carboxylic acids is 1. The first-order valence-electron chi connectivity index (χ1n) is 10.2. The second-order valence-electron chi connectivity index (χ2n) is 7.49. The molecule has 7 nitrogen and oxygen atoms in total. The van der Waals surface area contributed by atoms with Gasteiger partial charge in [0.25, 0.3) is 5.91 Å². The van der Waals surface area contributed by atoms with Crippen molar-refractivity contribution in [2.24, 2.45) is 0 Å². The fraction of sp³-hybridized carbons (Fsp3) is 0.571. The minimum Gasteiger partial charge on any atom is -0.468 e. The summed E-state index contributed by atoms with van der Waals surface area (Å²) in [7, 11) is 0. The number of nitrogens with one attached hydrogen (secondary N) is 1. The highest BCUT2D eigenvalue weighted by atomic mass is 16.5. The maximum absolute atomic E-state index is 12.6. The first-order valence-corrected chi connectivity index (χ1v) is 10.2. The number of carbonyl (C=O) groups is 1. The minimum atomic E-state index is -0.185. The molecule has 28 heavy (non-hydrogen) atoms. The average Bonchev–Trinajstić information content (AvgIpc) is 3.42. The standard InChI is InChI=1S/C21H29N3O4/c25-21(20-7-6-17(28-20)16-23-8-2-1-3-9-23)22-15-18(19-5-4-12-27-19)24-10-13-26-14-11-24/h4-7,12,18H,1-3,8-11,13-16H2,(H,22,25). The van der Waals surface area contributed by atoms with Gasteiger partial charge >= 0.3 is 0 Å². The monoisotopic (exact) mass is 387 g/mol. The molecule has 2 aromatic rings. The Labute approximate surface area is 165 Å². The fourth-order valence-electron chi connectivity index (χ4n) is 3.98. The largest absolute Gasteiger partial charge is 0.468 e. The van der Waals surface area contributed by atoms with Crippen LogP contribution in [0.2, 0.25) is 0 Å². The number of hydrogen-bond donors (Lipinski definition) is 1. The van der Waals surface area contributed by atoms with E-state index in [-0.39, 0.29) is 11.9 Å². The number of furan rings is 2. The smallest absolute Gasteiger partial charge is 0.287 e. The van der Waals surface area contributed by atoms with Gasteiger partial charge in [0.2, 0.25) is 0 Å². The highest BCUT2D eigenvalue weighted by molar-refractivity contribution is 5.91. The molecule has 1 N–H and O–H groups in total. The van der Waals surface area contributed by atoms with E-state index in [0.29, 0.717) is 25.5 Å². The van der Waals surface area contributed by atoms with Crippen molar-refractivity contribution in [3.63, 3.8) is 0 Å². The van der Waals surface area contributed by atoms with E-state index in [1.54, 1.807) is 12.3 Å². The van der Waals surface area contributed by atoms with Crippen molar-refractivity contribution in [1.82, 2.24) is 15.1 Å². The maximum atomic E-state index is 12.6.